The van der Waals surface area contributed by atoms with Gasteiger partial charge in [-0.25, -0.2) is 9.18 Å². The Morgan fingerprint density at radius 1 is 1.20 bits per heavy atom. The molecule has 0 fully saturated rings. The molecule has 0 heterocycles. The largest absolute Gasteiger partial charge is 0.478 e. The van der Waals surface area contributed by atoms with Gasteiger partial charge in [0, 0.05) is 5.69 Å². The third kappa shape index (κ3) is 2.79. The number of rotatable bonds is 3. The molecule has 0 amide bonds. The number of nitrogen functional groups attached to an aromatic ring is 1. The van der Waals surface area contributed by atoms with Crippen molar-refractivity contribution >= 4 is 46.2 Å². The van der Waals surface area contributed by atoms with Gasteiger partial charge in [-0.15, -0.1) is 0 Å². The number of carbonyl (C=O) groups is 1. The molecule has 0 unspecified atom stereocenters. The lowest BCUT2D eigenvalue weighted by Crippen LogP contribution is -2.06. The first-order valence-electron chi connectivity index (χ1n) is 5.43. The minimum atomic E-state index is -1.24. The van der Waals surface area contributed by atoms with E-state index in [4.69, 9.17) is 34.0 Å². The smallest absolute Gasteiger partial charge is 0.337 e. The van der Waals surface area contributed by atoms with Crippen LogP contribution in [-0.4, -0.2) is 11.1 Å². The fourth-order valence-corrected chi connectivity index (χ4v) is 2.15. The Hall–Kier alpha value is -1.98. The van der Waals surface area contributed by atoms with E-state index in [9.17, 15) is 9.18 Å². The molecule has 0 aliphatic carbocycles. The van der Waals surface area contributed by atoms with Crippen LogP contribution in [0.4, 0.5) is 21.5 Å². The molecule has 0 radical (unpaired) electrons. The number of nitrogens with two attached hydrogens (primary N) is 1. The summed E-state index contributed by atoms with van der Waals surface area (Å²) in [5, 5.41) is 11.9. The second kappa shape index (κ2) is 5.56. The number of hydrogen-bond acceptors (Lipinski definition) is 3. The molecule has 0 aromatic heterocycles. The number of para-hydroxylation sites is 1. The summed E-state index contributed by atoms with van der Waals surface area (Å²) < 4.78 is 13.7. The van der Waals surface area contributed by atoms with Gasteiger partial charge < -0.3 is 16.2 Å². The fourth-order valence-electron chi connectivity index (χ4n) is 1.67. The van der Waals surface area contributed by atoms with Crippen molar-refractivity contribution in [2.75, 3.05) is 11.1 Å². The highest BCUT2D eigenvalue weighted by Crippen LogP contribution is 2.35. The highest BCUT2D eigenvalue weighted by molar-refractivity contribution is 6.35. The minimum absolute atomic E-state index is 0.0281. The Labute approximate surface area is 123 Å². The summed E-state index contributed by atoms with van der Waals surface area (Å²) in [6.45, 7) is 0. The Balaban J connectivity index is 2.56. The molecule has 0 atom stereocenters. The van der Waals surface area contributed by atoms with Crippen molar-refractivity contribution in [2.45, 2.75) is 0 Å². The number of benzene rings is 2. The number of hydrogen-bond donors (Lipinski definition) is 3. The Kier molecular flexibility index (Phi) is 4.01. The maximum absolute atomic E-state index is 13.7. The summed E-state index contributed by atoms with van der Waals surface area (Å²) >= 11 is 11.8. The Morgan fingerprint density at radius 2 is 1.90 bits per heavy atom. The van der Waals surface area contributed by atoms with Gasteiger partial charge in [-0.05, 0) is 24.3 Å². The van der Waals surface area contributed by atoms with Crippen LogP contribution in [0.25, 0.3) is 0 Å². The van der Waals surface area contributed by atoms with Crippen molar-refractivity contribution in [3.05, 3.63) is 51.8 Å². The van der Waals surface area contributed by atoms with Crippen molar-refractivity contribution < 1.29 is 14.3 Å². The SMILES string of the molecule is Nc1cc(Cl)c(Nc2c(F)cccc2Cl)c(C(=O)O)c1. The third-order valence-electron chi connectivity index (χ3n) is 2.56. The third-order valence-corrected chi connectivity index (χ3v) is 3.17. The van der Waals surface area contributed by atoms with E-state index >= 15 is 0 Å². The van der Waals surface area contributed by atoms with Gasteiger partial charge in [0.05, 0.1) is 27.0 Å². The molecule has 0 saturated heterocycles. The number of aromatic carboxylic acids is 1. The van der Waals surface area contributed by atoms with Gasteiger partial charge in [-0.2, -0.15) is 0 Å². The lowest BCUT2D eigenvalue weighted by molar-refractivity contribution is 0.0698. The zero-order chi connectivity index (χ0) is 14.9. The van der Waals surface area contributed by atoms with Gasteiger partial charge in [0.25, 0.3) is 0 Å². The highest BCUT2D eigenvalue weighted by atomic mass is 35.5. The van der Waals surface area contributed by atoms with Gasteiger partial charge >= 0.3 is 5.97 Å². The van der Waals surface area contributed by atoms with Crippen LogP contribution in [-0.2, 0) is 0 Å². The monoisotopic (exact) mass is 314 g/mol. The molecule has 0 saturated carbocycles. The van der Waals surface area contributed by atoms with E-state index in [0.717, 1.165) is 0 Å². The molecular weight excluding hydrogens is 306 g/mol. The molecule has 7 heteroatoms. The van der Waals surface area contributed by atoms with E-state index in [1.165, 1.54) is 30.3 Å². The molecule has 2 aromatic rings. The summed E-state index contributed by atoms with van der Waals surface area (Å²) in [4.78, 5) is 11.2. The van der Waals surface area contributed by atoms with Crippen molar-refractivity contribution in [1.82, 2.24) is 0 Å². The normalized spacial score (nSPS) is 10.3. The van der Waals surface area contributed by atoms with Crippen LogP contribution in [0.3, 0.4) is 0 Å². The summed E-state index contributed by atoms with van der Waals surface area (Å²) in [5.74, 6) is -1.86. The molecule has 0 aliphatic rings. The molecular formula is C13H9Cl2FN2O2. The van der Waals surface area contributed by atoms with Gasteiger partial charge in [-0.3, -0.25) is 0 Å². The molecule has 20 heavy (non-hydrogen) atoms. The first kappa shape index (κ1) is 14.4. The van der Waals surface area contributed by atoms with Gasteiger partial charge in [0.15, 0.2) is 0 Å². The predicted molar refractivity (Wildman–Crippen MR) is 77.5 cm³/mol. The lowest BCUT2D eigenvalue weighted by atomic mass is 10.1. The van der Waals surface area contributed by atoms with Crippen LogP contribution in [0.2, 0.25) is 10.0 Å². The van der Waals surface area contributed by atoms with Crippen LogP contribution >= 0.6 is 23.2 Å². The molecule has 2 aromatic carbocycles. The molecule has 4 nitrogen and oxygen atoms in total. The summed E-state index contributed by atoms with van der Waals surface area (Å²) in [5.41, 5.74) is 5.54. The quantitative estimate of drug-likeness (QED) is 0.744. The molecule has 0 spiro atoms. The number of nitrogens with one attached hydrogen (secondary N) is 1. The van der Waals surface area contributed by atoms with Crippen LogP contribution in [0.5, 0.6) is 0 Å². The predicted octanol–water partition coefficient (Wildman–Crippen LogP) is 4.16. The molecule has 2 rings (SSSR count). The number of halogens is 3. The van der Waals surface area contributed by atoms with E-state index in [1.54, 1.807) is 0 Å². The summed E-state index contributed by atoms with van der Waals surface area (Å²) in [7, 11) is 0. The van der Waals surface area contributed by atoms with E-state index in [1.807, 2.05) is 0 Å². The fraction of sp³-hybridized carbons (Fsp3) is 0. The van der Waals surface area contributed by atoms with E-state index in [2.05, 4.69) is 5.32 Å². The maximum Gasteiger partial charge on any atom is 0.337 e. The van der Waals surface area contributed by atoms with Crippen molar-refractivity contribution in [1.29, 1.82) is 0 Å². The first-order valence-corrected chi connectivity index (χ1v) is 6.19. The van der Waals surface area contributed by atoms with Crippen LogP contribution < -0.4 is 11.1 Å². The van der Waals surface area contributed by atoms with Crippen molar-refractivity contribution in [3.8, 4) is 0 Å². The Morgan fingerprint density at radius 3 is 2.50 bits per heavy atom. The van der Waals surface area contributed by atoms with Gasteiger partial charge in [0.2, 0.25) is 0 Å². The highest BCUT2D eigenvalue weighted by Gasteiger charge is 2.17. The molecule has 4 N–H and O–H groups in total. The standard InChI is InChI=1S/C13H9Cl2FN2O2/c14-8-2-1-3-10(16)12(8)18-11-7(13(19)20)4-6(17)5-9(11)15/h1-5,18H,17H2,(H,19,20). The van der Waals surface area contributed by atoms with Gasteiger partial charge in [0.1, 0.15) is 5.82 Å². The summed E-state index contributed by atoms with van der Waals surface area (Å²) in [6.07, 6.45) is 0. The topological polar surface area (TPSA) is 75.3 Å². The van der Waals surface area contributed by atoms with Crippen LogP contribution in [0.15, 0.2) is 30.3 Å². The lowest BCUT2D eigenvalue weighted by Gasteiger charge is -2.14. The first-order chi connectivity index (χ1) is 9.40. The molecule has 0 bridgehead atoms. The minimum Gasteiger partial charge on any atom is -0.478 e. The van der Waals surface area contributed by atoms with Crippen molar-refractivity contribution in [2.24, 2.45) is 0 Å². The van der Waals surface area contributed by atoms with Crippen LogP contribution in [0.1, 0.15) is 10.4 Å². The molecule has 104 valence electrons. The van der Waals surface area contributed by atoms with Crippen molar-refractivity contribution in [3.63, 3.8) is 0 Å². The number of carboxylic acids is 1. The van der Waals surface area contributed by atoms with Gasteiger partial charge in [-0.1, -0.05) is 29.3 Å². The zero-order valence-electron chi connectivity index (χ0n) is 9.95. The number of anilines is 3. The van der Waals surface area contributed by atoms with Crippen LogP contribution in [0, 0.1) is 5.82 Å². The second-order valence-corrected chi connectivity index (χ2v) is 4.77. The van der Waals surface area contributed by atoms with E-state index in [0.29, 0.717) is 0 Å². The summed E-state index contributed by atoms with van der Waals surface area (Å²) in [6, 6.07) is 6.69. The average Bonchev–Trinajstić information content (AvgIpc) is 2.35. The zero-order valence-corrected chi connectivity index (χ0v) is 11.5. The van der Waals surface area contributed by atoms with E-state index in [-0.39, 0.29) is 32.7 Å². The maximum atomic E-state index is 13.7. The van der Waals surface area contributed by atoms with E-state index < -0.39 is 11.8 Å². The average molecular weight is 315 g/mol. The Bertz CT molecular complexity index is 672. The second-order valence-electron chi connectivity index (χ2n) is 3.95. The molecule has 0 aliphatic heterocycles. The number of carboxylic acid groups (broad SMARTS) is 1.